The Bertz CT molecular complexity index is 959. The highest BCUT2D eigenvalue weighted by Gasteiger charge is 2.12. The smallest absolute Gasteiger partial charge is 0.353 e. The van der Waals surface area contributed by atoms with Crippen molar-refractivity contribution in [3.05, 3.63) is 70.9 Å². The zero-order chi connectivity index (χ0) is 15.6. The van der Waals surface area contributed by atoms with Crippen LogP contribution in [0.25, 0.3) is 22.6 Å². The second-order valence-electron chi connectivity index (χ2n) is 4.88. The third kappa shape index (κ3) is 2.74. The normalized spacial score (nSPS) is 10.8. The van der Waals surface area contributed by atoms with Crippen LogP contribution < -0.4 is 4.74 Å². The number of aromatic nitrogens is 1. The van der Waals surface area contributed by atoms with E-state index in [0.717, 1.165) is 11.1 Å². The van der Waals surface area contributed by atoms with Gasteiger partial charge in [0.1, 0.15) is 16.1 Å². The van der Waals surface area contributed by atoms with Crippen LogP contribution in [-0.4, -0.2) is 11.0 Å². The number of fused-ring (bicyclic) bond motifs is 1. The fourth-order valence-electron chi connectivity index (χ4n) is 2.22. The summed E-state index contributed by atoms with van der Waals surface area (Å²) in [6.07, 6.45) is 0. The van der Waals surface area contributed by atoms with Gasteiger partial charge in [0.05, 0.1) is 0 Å². The molecule has 0 aliphatic heterocycles. The Morgan fingerprint density at radius 1 is 1.04 bits per heavy atom. The van der Waals surface area contributed by atoms with Crippen LogP contribution in [0.4, 0.5) is 0 Å². The van der Waals surface area contributed by atoms with Crippen LogP contribution in [0.3, 0.4) is 0 Å². The van der Waals surface area contributed by atoms with Crippen molar-refractivity contribution >= 4 is 28.4 Å². The van der Waals surface area contributed by atoms with Gasteiger partial charge in [0.25, 0.3) is 0 Å². The average Bonchev–Trinajstić information content (AvgIpc) is 3.25. The lowest BCUT2D eigenvalue weighted by atomic mass is 10.2. The predicted octanol–water partition coefficient (Wildman–Crippen LogP) is 4.78. The van der Waals surface area contributed by atoms with E-state index in [9.17, 15) is 4.79 Å². The molecule has 4 aromatic rings. The first kappa shape index (κ1) is 13.7. The lowest BCUT2D eigenvalue weighted by molar-refractivity contribution is 0.0740. The van der Waals surface area contributed by atoms with Gasteiger partial charge in [0, 0.05) is 11.6 Å². The molecule has 2 aromatic heterocycles. The summed E-state index contributed by atoms with van der Waals surface area (Å²) in [6.45, 7) is 0. The molecule has 0 radical (unpaired) electrons. The van der Waals surface area contributed by atoms with Gasteiger partial charge in [0.2, 0.25) is 5.89 Å². The fraction of sp³-hybridized carbons (Fsp3) is 0. The largest absolute Gasteiger partial charge is 0.436 e. The third-order valence-corrected chi connectivity index (χ3v) is 4.16. The van der Waals surface area contributed by atoms with E-state index >= 15 is 0 Å². The van der Waals surface area contributed by atoms with Crippen LogP contribution in [0.1, 0.15) is 9.67 Å². The first-order valence-corrected chi connectivity index (χ1v) is 7.89. The zero-order valence-corrected chi connectivity index (χ0v) is 12.7. The van der Waals surface area contributed by atoms with Crippen LogP contribution >= 0.6 is 11.3 Å². The number of hydrogen-bond donors (Lipinski definition) is 0. The van der Waals surface area contributed by atoms with E-state index in [-0.39, 0.29) is 5.97 Å². The van der Waals surface area contributed by atoms with E-state index in [1.54, 1.807) is 24.3 Å². The molecule has 4 rings (SSSR count). The maximum absolute atomic E-state index is 12.0. The van der Waals surface area contributed by atoms with Gasteiger partial charge in [-0.1, -0.05) is 24.3 Å². The summed E-state index contributed by atoms with van der Waals surface area (Å²) in [5.74, 6) is 0.608. The summed E-state index contributed by atoms with van der Waals surface area (Å²) in [5.41, 5.74) is 2.21. The quantitative estimate of drug-likeness (QED) is 0.403. The summed E-state index contributed by atoms with van der Waals surface area (Å²) < 4.78 is 11.1. The molecule has 2 aromatic carbocycles. The maximum Gasteiger partial charge on any atom is 0.353 e. The molecular formula is C18H11NO3S. The lowest BCUT2D eigenvalue weighted by Crippen LogP contribution is -2.05. The summed E-state index contributed by atoms with van der Waals surface area (Å²) in [4.78, 5) is 17.0. The minimum atomic E-state index is -0.373. The molecule has 0 aliphatic rings. The van der Waals surface area contributed by atoms with Gasteiger partial charge in [-0.3, -0.25) is 0 Å². The minimum Gasteiger partial charge on any atom is -0.436 e. The summed E-state index contributed by atoms with van der Waals surface area (Å²) in [7, 11) is 0. The number of benzene rings is 2. The zero-order valence-electron chi connectivity index (χ0n) is 11.9. The standard InChI is InChI=1S/C18H11NO3S/c20-18(16-7-4-10-23-16)21-13-8-9-14-15(11-13)22-17(19-14)12-5-2-1-3-6-12/h1-11H. The van der Waals surface area contributed by atoms with Crippen LogP contribution in [0.15, 0.2) is 70.5 Å². The Balaban J connectivity index is 1.64. The molecule has 5 heteroatoms. The maximum atomic E-state index is 12.0. The Hall–Kier alpha value is -2.92. The van der Waals surface area contributed by atoms with E-state index in [1.807, 2.05) is 41.8 Å². The number of thiophene rings is 1. The number of ether oxygens (including phenoxy) is 1. The molecule has 0 saturated carbocycles. The molecule has 0 fully saturated rings. The van der Waals surface area contributed by atoms with Crippen molar-refractivity contribution < 1.29 is 13.9 Å². The van der Waals surface area contributed by atoms with E-state index in [1.165, 1.54) is 11.3 Å². The number of nitrogens with zero attached hydrogens (tertiary/aromatic N) is 1. The molecule has 4 nitrogen and oxygen atoms in total. The van der Waals surface area contributed by atoms with Crippen molar-refractivity contribution in [3.63, 3.8) is 0 Å². The predicted molar refractivity (Wildman–Crippen MR) is 88.7 cm³/mol. The molecule has 0 bridgehead atoms. The number of carbonyl (C=O) groups is 1. The number of oxazole rings is 1. The average molecular weight is 321 g/mol. The second kappa shape index (κ2) is 5.70. The highest BCUT2D eigenvalue weighted by Crippen LogP contribution is 2.27. The molecule has 0 amide bonds. The minimum absolute atomic E-state index is 0.373. The SMILES string of the molecule is O=C(Oc1ccc2nc(-c3ccccc3)oc2c1)c1cccs1. The second-order valence-corrected chi connectivity index (χ2v) is 5.83. The van der Waals surface area contributed by atoms with Gasteiger partial charge < -0.3 is 9.15 Å². The van der Waals surface area contributed by atoms with Gasteiger partial charge in [0.15, 0.2) is 5.58 Å². The Labute approximate surface area is 136 Å². The summed E-state index contributed by atoms with van der Waals surface area (Å²) in [5, 5.41) is 1.84. The molecule has 112 valence electrons. The number of hydrogen-bond acceptors (Lipinski definition) is 5. The number of esters is 1. The van der Waals surface area contributed by atoms with Crippen molar-refractivity contribution in [2.45, 2.75) is 0 Å². The topological polar surface area (TPSA) is 52.3 Å². The number of rotatable bonds is 3. The molecule has 0 aliphatic carbocycles. The molecule has 0 saturated heterocycles. The molecular weight excluding hydrogens is 310 g/mol. The first-order chi connectivity index (χ1) is 11.3. The van der Waals surface area contributed by atoms with Crippen molar-refractivity contribution in [2.75, 3.05) is 0 Å². The lowest BCUT2D eigenvalue weighted by Gasteiger charge is -2.01. The number of carbonyl (C=O) groups excluding carboxylic acids is 1. The summed E-state index contributed by atoms with van der Waals surface area (Å²) in [6, 6.07) is 18.4. The van der Waals surface area contributed by atoms with Gasteiger partial charge in [-0.25, -0.2) is 9.78 Å². The molecule has 23 heavy (non-hydrogen) atoms. The van der Waals surface area contributed by atoms with Crippen LogP contribution in [-0.2, 0) is 0 Å². The molecule has 0 atom stereocenters. The van der Waals surface area contributed by atoms with Gasteiger partial charge in [-0.05, 0) is 35.7 Å². The van der Waals surface area contributed by atoms with Crippen molar-refractivity contribution in [2.24, 2.45) is 0 Å². The molecule has 0 spiro atoms. The van der Waals surface area contributed by atoms with E-state index in [0.29, 0.717) is 22.1 Å². The molecule has 0 N–H and O–H groups in total. The van der Waals surface area contributed by atoms with Crippen LogP contribution in [0.5, 0.6) is 5.75 Å². The Morgan fingerprint density at radius 3 is 2.70 bits per heavy atom. The van der Waals surface area contributed by atoms with Gasteiger partial charge >= 0.3 is 5.97 Å². The fourth-order valence-corrected chi connectivity index (χ4v) is 2.82. The van der Waals surface area contributed by atoms with E-state index < -0.39 is 0 Å². The van der Waals surface area contributed by atoms with E-state index in [2.05, 4.69) is 4.98 Å². The highest BCUT2D eigenvalue weighted by molar-refractivity contribution is 7.12. The van der Waals surface area contributed by atoms with Crippen LogP contribution in [0.2, 0.25) is 0 Å². The van der Waals surface area contributed by atoms with Crippen molar-refractivity contribution in [1.82, 2.24) is 4.98 Å². The Morgan fingerprint density at radius 2 is 1.91 bits per heavy atom. The Kier molecular flexibility index (Phi) is 3.40. The van der Waals surface area contributed by atoms with E-state index in [4.69, 9.17) is 9.15 Å². The highest BCUT2D eigenvalue weighted by atomic mass is 32.1. The summed E-state index contributed by atoms with van der Waals surface area (Å²) >= 11 is 1.34. The van der Waals surface area contributed by atoms with Crippen molar-refractivity contribution in [1.29, 1.82) is 0 Å². The molecule has 0 unspecified atom stereocenters. The van der Waals surface area contributed by atoms with Crippen molar-refractivity contribution in [3.8, 4) is 17.2 Å². The monoisotopic (exact) mass is 321 g/mol. The van der Waals surface area contributed by atoms with Gasteiger partial charge in [-0.2, -0.15) is 0 Å². The first-order valence-electron chi connectivity index (χ1n) is 7.01. The van der Waals surface area contributed by atoms with Gasteiger partial charge in [-0.15, -0.1) is 11.3 Å². The van der Waals surface area contributed by atoms with Crippen LogP contribution in [0, 0.1) is 0 Å². The molecule has 2 heterocycles. The third-order valence-electron chi connectivity index (χ3n) is 3.31.